The van der Waals surface area contributed by atoms with E-state index in [9.17, 15) is 8.42 Å². The molecule has 0 amide bonds. The zero-order chi connectivity index (χ0) is 19.4. The van der Waals surface area contributed by atoms with Crippen LogP contribution in [-0.4, -0.2) is 26.3 Å². The van der Waals surface area contributed by atoms with Gasteiger partial charge in [-0.3, -0.25) is 0 Å². The highest BCUT2D eigenvalue weighted by atomic mass is 32.2. The second kappa shape index (κ2) is 8.55. The van der Waals surface area contributed by atoms with Crippen molar-refractivity contribution in [2.24, 2.45) is 5.73 Å². The summed E-state index contributed by atoms with van der Waals surface area (Å²) >= 11 is 0. The molecule has 1 saturated carbocycles. The molecule has 3 N–H and O–H groups in total. The predicted molar refractivity (Wildman–Crippen MR) is 112 cm³/mol. The Morgan fingerprint density at radius 2 is 1.59 bits per heavy atom. The molecule has 0 radical (unpaired) electrons. The van der Waals surface area contributed by atoms with Crippen molar-refractivity contribution in [3.05, 3.63) is 59.7 Å². The summed E-state index contributed by atoms with van der Waals surface area (Å²) < 4.78 is 27.4. The standard InChI is InChI=1S/C22H30N2O2S/c1-16(2)27(25,26)24-22-5-3-4-21(22)20-12-10-19(11-13-20)18-8-6-17(7-9-18)14-15-23/h6-13,16,21-22,24H,3-5,14-15,23H2,1-2H3/t21-,22+/m0/s1. The van der Waals surface area contributed by atoms with E-state index in [0.29, 0.717) is 6.54 Å². The SMILES string of the molecule is CC(C)S(=O)(=O)N[C@@H]1CCC[C@H]1c1ccc(-c2ccc(CCN)cc2)cc1. The Bertz CT molecular complexity index is 843. The first-order valence-electron chi connectivity index (χ1n) is 9.81. The van der Waals surface area contributed by atoms with E-state index in [-0.39, 0.29) is 12.0 Å². The smallest absolute Gasteiger partial charge is 0.214 e. The first-order chi connectivity index (χ1) is 12.9. The minimum atomic E-state index is -3.24. The van der Waals surface area contributed by atoms with Crippen molar-refractivity contribution in [2.75, 3.05) is 6.54 Å². The topological polar surface area (TPSA) is 72.2 Å². The molecule has 0 unspecified atom stereocenters. The minimum Gasteiger partial charge on any atom is -0.330 e. The van der Waals surface area contributed by atoms with Crippen molar-refractivity contribution in [3.63, 3.8) is 0 Å². The van der Waals surface area contributed by atoms with Crippen molar-refractivity contribution in [3.8, 4) is 11.1 Å². The molecule has 4 nitrogen and oxygen atoms in total. The zero-order valence-corrected chi connectivity index (χ0v) is 17.0. The van der Waals surface area contributed by atoms with E-state index < -0.39 is 15.3 Å². The monoisotopic (exact) mass is 386 g/mol. The second-order valence-corrected chi connectivity index (χ2v) is 9.98. The van der Waals surface area contributed by atoms with Gasteiger partial charge in [0.1, 0.15) is 0 Å². The van der Waals surface area contributed by atoms with Gasteiger partial charge in [-0.15, -0.1) is 0 Å². The number of benzene rings is 2. The van der Waals surface area contributed by atoms with Gasteiger partial charge in [-0.05, 0) is 61.9 Å². The van der Waals surface area contributed by atoms with Gasteiger partial charge in [-0.1, -0.05) is 55.0 Å². The fraction of sp³-hybridized carbons (Fsp3) is 0.455. The molecule has 1 aliphatic carbocycles. The van der Waals surface area contributed by atoms with Gasteiger partial charge in [0.15, 0.2) is 0 Å². The Kier molecular flexibility index (Phi) is 6.35. The average Bonchev–Trinajstić information content (AvgIpc) is 3.10. The van der Waals surface area contributed by atoms with Gasteiger partial charge in [0.05, 0.1) is 5.25 Å². The summed E-state index contributed by atoms with van der Waals surface area (Å²) in [6, 6.07) is 17.1. The van der Waals surface area contributed by atoms with Gasteiger partial charge < -0.3 is 5.73 Å². The number of nitrogens with one attached hydrogen (secondary N) is 1. The fourth-order valence-electron chi connectivity index (χ4n) is 3.80. The Balaban J connectivity index is 1.74. The lowest BCUT2D eigenvalue weighted by Crippen LogP contribution is -2.40. The number of nitrogens with two attached hydrogens (primary N) is 1. The van der Waals surface area contributed by atoms with E-state index in [0.717, 1.165) is 25.7 Å². The molecule has 0 aromatic heterocycles. The number of hydrogen-bond acceptors (Lipinski definition) is 3. The molecule has 27 heavy (non-hydrogen) atoms. The predicted octanol–water partition coefficient (Wildman–Crippen LogP) is 3.82. The molecule has 0 bridgehead atoms. The molecule has 146 valence electrons. The molecule has 0 aliphatic heterocycles. The Morgan fingerprint density at radius 1 is 1.00 bits per heavy atom. The molecule has 5 heteroatoms. The summed E-state index contributed by atoms with van der Waals surface area (Å²) in [4.78, 5) is 0. The molecule has 3 rings (SSSR count). The first-order valence-corrected chi connectivity index (χ1v) is 11.4. The van der Waals surface area contributed by atoms with Crippen molar-refractivity contribution < 1.29 is 8.42 Å². The molecule has 0 saturated heterocycles. The highest BCUT2D eigenvalue weighted by Crippen LogP contribution is 2.36. The van der Waals surface area contributed by atoms with Crippen LogP contribution in [0.5, 0.6) is 0 Å². The summed E-state index contributed by atoms with van der Waals surface area (Å²) in [6.07, 6.45) is 3.88. The van der Waals surface area contributed by atoms with Crippen LogP contribution in [0.15, 0.2) is 48.5 Å². The largest absolute Gasteiger partial charge is 0.330 e. The van der Waals surface area contributed by atoms with Crippen LogP contribution in [0, 0.1) is 0 Å². The highest BCUT2D eigenvalue weighted by molar-refractivity contribution is 7.90. The molecule has 1 aliphatic rings. The van der Waals surface area contributed by atoms with Crippen molar-refractivity contribution in [2.45, 2.75) is 56.7 Å². The molecule has 0 heterocycles. The third kappa shape index (κ3) is 4.78. The molecule has 2 aromatic carbocycles. The van der Waals surface area contributed by atoms with E-state index in [2.05, 4.69) is 53.3 Å². The van der Waals surface area contributed by atoms with Crippen molar-refractivity contribution in [1.29, 1.82) is 0 Å². The summed E-state index contributed by atoms with van der Waals surface area (Å²) in [6.45, 7) is 4.11. The molecular weight excluding hydrogens is 356 g/mol. The van der Waals surface area contributed by atoms with E-state index >= 15 is 0 Å². The van der Waals surface area contributed by atoms with Crippen LogP contribution in [0.2, 0.25) is 0 Å². The van der Waals surface area contributed by atoms with Crippen LogP contribution in [0.4, 0.5) is 0 Å². The number of sulfonamides is 1. The van der Waals surface area contributed by atoms with Gasteiger partial charge >= 0.3 is 0 Å². The summed E-state index contributed by atoms with van der Waals surface area (Å²) in [7, 11) is -3.24. The Morgan fingerprint density at radius 3 is 2.15 bits per heavy atom. The Labute approximate surface area is 163 Å². The summed E-state index contributed by atoms with van der Waals surface area (Å²) in [5.41, 5.74) is 10.4. The van der Waals surface area contributed by atoms with Crippen LogP contribution in [0.25, 0.3) is 11.1 Å². The highest BCUT2D eigenvalue weighted by Gasteiger charge is 2.32. The third-order valence-corrected chi connectivity index (χ3v) is 7.38. The molecule has 1 fully saturated rings. The fourth-order valence-corrected chi connectivity index (χ4v) is 4.78. The maximum absolute atomic E-state index is 12.3. The van der Waals surface area contributed by atoms with Crippen LogP contribution in [0.1, 0.15) is 50.2 Å². The minimum absolute atomic E-state index is 0.00111. The second-order valence-electron chi connectivity index (χ2n) is 7.71. The summed E-state index contributed by atoms with van der Waals surface area (Å²) in [5, 5.41) is -0.400. The lowest BCUT2D eigenvalue weighted by Gasteiger charge is -2.23. The maximum Gasteiger partial charge on any atom is 0.214 e. The molecular formula is C22H30N2O2S. The van der Waals surface area contributed by atoms with Crippen molar-refractivity contribution >= 4 is 10.0 Å². The first kappa shape index (κ1) is 20.1. The Hall–Kier alpha value is -1.69. The van der Waals surface area contributed by atoms with Gasteiger partial charge in [-0.25, -0.2) is 13.1 Å². The van der Waals surface area contributed by atoms with Gasteiger partial charge in [0, 0.05) is 12.0 Å². The van der Waals surface area contributed by atoms with Crippen molar-refractivity contribution in [1.82, 2.24) is 4.72 Å². The van der Waals surface area contributed by atoms with E-state index in [1.807, 2.05) is 0 Å². The average molecular weight is 387 g/mol. The molecule has 2 aromatic rings. The molecule has 0 spiro atoms. The van der Waals surface area contributed by atoms with Gasteiger partial charge in [0.2, 0.25) is 10.0 Å². The number of rotatable bonds is 7. The van der Waals surface area contributed by atoms with Gasteiger partial charge in [0.25, 0.3) is 0 Å². The maximum atomic E-state index is 12.3. The zero-order valence-electron chi connectivity index (χ0n) is 16.2. The van der Waals surface area contributed by atoms with Crippen LogP contribution in [0.3, 0.4) is 0 Å². The lowest BCUT2D eigenvalue weighted by atomic mass is 9.92. The normalized spacial score (nSPS) is 20.3. The van der Waals surface area contributed by atoms with E-state index in [1.165, 1.54) is 22.3 Å². The van der Waals surface area contributed by atoms with E-state index in [1.54, 1.807) is 13.8 Å². The third-order valence-electron chi connectivity index (χ3n) is 5.51. The lowest BCUT2D eigenvalue weighted by molar-refractivity contribution is 0.519. The number of hydrogen-bond donors (Lipinski definition) is 2. The summed E-state index contributed by atoms with van der Waals surface area (Å²) in [5.74, 6) is 0.250. The molecule has 2 atom stereocenters. The van der Waals surface area contributed by atoms with Crippen LogP contribution < -0.4 is 10.5 Å². The van der Waals surface area contributed by atoms with Gasteiger partial charge in [-0.2, -0.15) is 0 Å². The quantitative estimate of drug-likeness (QED) is 0.760. The van der Waals surface area contributed by atoms with Crippen LogP contribution in [-0.2, 0) is 16.4 Å². The van der Waals surface area contributed by atoms with E-state index in [4.69, 9.17) is 5.73 Å². The van der Waals surface area contributed by atoms with Crippen LogP contribution >= 0.6 is 0 Å².